The van der Waals surface area contributed by atoms with Crippen molar-refractivity contribution < 1.29 is 4.74 Å². The normalized spacial score (nSPS) is 42.0. The van der Waals surface area contributed by atoms with Gasteiger partial charge in [-0.1, -0.05) is 39.5 Å². The maximum Gasteiger partial charge on any atom is 0.0753 e. The van der Waals surface area contributed by atoms with Crippen LogP contribution in [0.4, 0.5) is 0 Å². The Morgan fingerprint density at radius 3 is 0.632 bits per heavy atom. The molecule has 57 heavy (non-hydrogen) atoms. The van der Waals surface area contributed by atoms with Gasteiger partial charge in [0, 0.05) is 10.8 Å². The van der Waals surface area contributed by atoms with Gasteiger partial charge in [-0.05, 0) is 283 Å². The van der Waals surface area contributed by atoms with Crippen LogP contribution in [0.2, 0.25) is 0 Å². The van der Waals surface area contributed by atoms with Gasteiger partial charge in [-0.15, -0.1) is 0 Å². The van der Waals surface area contributed by atoms with Gasteiger partial charge >= 0.3 is 0 Å². The van der Waals surface area contributed by atoms with Crippen molar-refractivity contribution in [3.63, 3.8) is 0 Å². The minimum Gasteiger partial charge on any atom is -0.367 e. The molecule has 16 fully saturated rings. The van der Waals surface area contributed by atoms with Crippen LogP contribution in [-0.2, 0) is 4.74 Å². The van der Waals surface area contributed by atoms with Gasteiger partial charge in [-0.2, -0.15) is 0 Å². The van der Waals surface area contributed by atoms with Crippen molar-refractivity contribution in [1.29, 1.82) is 0 Å². The van der Waals surface area contributed by atoms with Gasteiger partial charge in [-0.3, -0.25) is 0 Å². The summed E-state index contributed by atoms with van der Waals surface area (Å²) < 4.78 is 8.45. The highest BCUT2D eigenvalue weighted by Crippen LogP contribution is 3.03. The number of hydrogen-bond acceptors (Lipinski definition) is 1. The highest BCUT2D eigenvalue weighted by Gasteiger charge is 2.97. The van der Waals surface area contributed by atoms with Crippen molar-refractivity contribution in [2.24, 2.45) is 75.8 Å². The second-order valence-electron chi connectivity index (χ2n) is 27.8. The number of rotatable bonds is 22. The SMILES string of the molecule is CCCCC1(C2(C3(C4(C5(C6(C7(C8(OC9(C%10(C%11(C%12(C%13(C%14(C%15(C%16(CCCC)CC%16)CC%15)CC%14)CC%13)CC%12)CC%11)CC%10)CC9)CC8)CC7)CC6)CC5)CC4)CC3)CC2)CC1. The van der Waals surface area contributed by atoms with Gasteiger partial charge in [-0.25, -0.2) is 0 Å². The lowest BCUT2D eigenvalue weighted by atomic mass is 9.53. The molecule has 16 aliphatic carbocycles. The Kier molecular flexibility index (Phi) is 5.61. The molecule has 0 heterocycles. The van der Waals surface area contributed by atoms with E-state index < -0.39 is 0 Å². The Labute approximate surface area is 348 Å². The first kappa shape index (κ1) is 34.4. The zero-order chi connectivity index (χ0) is 37.6. The molecule has 0 aromatic carbocycles. The van der Waals surface area contributed by atoms with Crippen molar-refractivity contribution in [1.82, 2.24) is 0 Å². The highest BCUT2D eigenvalue weighted by molar-refractivity contribution is 5.45. The second kappa shape index (κ2) is 9.28. The maximum atomic E-state index is 8.45. The van der Waals surface area contributed by atoms with Crippen LogP contribution in [0.1, 0.15) is 258 Å². The summed E-state index contributed by atoms with van der Waals surface area (Å²) in [7, 11) is 0. The summed E-state index contributed by atoms with van der Waals surface area (Å²) in [5.74, 6) is 0. The van der Waals surface area contributed by atoms with Crippen LogP contribution in [0.5, 0.6) is 0 Å². The van der Waals surface area contributed by atoms with Crippen LogP contribution in [0, 0.1) is 75.8 Å². The van der Waals surface area contributed by atoms with Gasteiger partial charge in [0.25, 0.3) is 0 Å². The molecule has 0 N–H and O–H groups in total. The third-order valence-corrected chi connectivity index (χ3v) is 27.5. The molecule has 1 heteroatoms. The highest BCUT2D eigenvalue weighted by atomic mass is 16.5. The summed E-state index contributed by atoms with van der Waals surface area (Å²) in [5, 5.41) is 0. The Hall–Kier alpha value is -0.0400. The van der Waals surface area contributed by atoms with E-state index in [1.54, 1.807) is 193 Å². The first-order valence-electron chi connectivity index (χ1n) is 27.3. The molecule has 0 aromatic rings. The van der Waals surface area contributed by atoms with Crippen molar-refractivity contribution in [3.05, 3.63) is 0 Å². The molecule has 0 bridgehead atoms. The van der Waals surface area contributed by atoms with Gasteiger partial charge in [0.15, 0.2) is 0 Å². The van der Waals surface area contributed by atoms with Crippen molar-refractivity contribution >= 4 is 0 Å². The lowest BCUT2D eigenvalue weighted by molar-refractivity contribution is -0.173. The largest absolute Gasteiger partial charge is 0.367 e. The quantitative estimate of drug-likeness (QED) is 0.107. The standard InChI is InChI=1S/C56H82O/c1-3-5-7-41(9-10-41)43(13-14-43)45(17-18-45)47(21-22-47)49(25-26-49)51(29-30-51)53(33-34-53)55(37-38-55)57-56(39-40-56)54(35-36-54)52(31-32-52)50(27-28-50)48(23-24-48)46(19-20-46)44(15-16-44)42(11-12-42)8-6-4-2/h3-40H2,1-2H3. The second-order valence-corrected chi connectivity index (χ2v) is 27.8. The summed E-state index contributed by atoms with van der Waals surface area (Å²) in [6, 6.07) is 0. The summed E-state index contributed by atoms with van der Waals surface area (Å²) in [6.45, 7) is 4.93. The summed E-state index contributed by atoms with van der Waals surface area (Å²) in [4.78, 5) is 0. The maximum absolute atomic E-state index is 8.45. The molecule has 312 valence electrons. The molecule has 16 rings (SSSR count). The van der Waals surface area contributed by atoms with Gasteiger partial charge in [0.2, 0.25) is 0 Å². The summed E-state index contributed by atoms with van der Waals surface area (Å²) >= 11 is 0. The van der Waals surface area contributed by atoms with E-state index in [4.69, 9.17) is 4.74 Å². The Bertz CT molecular complexity index is 1690. The molecule has 0 atom stereocenters. The molecule has 16 aliphatic rings. The van der Waals surface area contributed by atoms with Crippen LogP contribution in [0.25, 0.3) is 0 Å². The predicted octanol–water partition coefficient (Wildman–Crippen LogP) is 15.4. The fourth-order valence-electron chi connectivity index (χ4n) is 23.8. The smallest absolute Gasteiger partial charge is 0.0753 e. The van der Waals surface area contributed by atoms with Crippen LogP contribution in [-0.4, -0.2) is 11.2 Å². The third kappa shape index (κ3) is 3.31. The zero-order valence-corrected chi connectivity index (χ0v) is 37.3. The van der Waals surface area contributed by atoms with Crippen LogP contribution >= 0.6 is 0 Å². The molecular weight excluding hydrogens is 689 g/mol. The van der Waals surface area contributed by atoms with Crippen molar-refractivity contribution in [2.45, 2.75) is 269 Å². The minimum atomic E-state index is 0.297. The van der Waals surface area contributed by atoms with Gasteiger partial charge in [0.05, 0.1) is 11.2 Å². The van der Waals surface area contributed by atoms with E-state index >= 15 is 0 Å². The van der Waals surface area contributed by atoms with E-state index in [0.717, 1.165) is 54.1 Å². The summed E-state index contributed by atoms with van der Waals surface area (Å²) in [6.07, 6.45) is 60.3. The molecule has 16 saturated carbocycles. The van der Waals surface area contributed by atoms with Crippen LogP contribution < -0.4 is 0 Å². The van der Waals surface area contributed by atoms with Crippen LogP contribution in [0.15, 0.2) is 0 Å². The molecule has 0 amide bonds. The number of unbranched alkanes of at least 4 members (excludes halogenated alkanes) is 2. The van der Waals surface area contributed by atoms with E-state index in [-0.39, 0.29) is 0 Å². The lowest BCUT2D eigenvalue weighted by Gasteiger charge is -2.53. The predicted molar refractivity (Wildman–Crippen MR) is 227 cm³/mol. The molecule has 0 unspecified atom stereocenters. The number of ether oxygens (including phenoxy) is 1. The zero-order valence-electron chi connectivity index (χ0n) is 37.3. The molecule has 0 aliphatic heterocycles. The first-order valence-corrected chi connectivity index (χ1v) is 27.3. The lowest BCUT2D eigenvalue weighted by Crippen LogP contribution is -2.52. The molecule has 0 radical (unpaired) electrons. The topological polar surface area (TPSA) is 9.23 Å². The third-order valence-electron chi connectivity index (χ3n) is 27.5. The van der Waals surface area contributed by atoms with Gasteiger partial charge < -0.3 is 4.74 Å². The average molecular weight is 771 g/mol. The van der Waals surface area contributed by atoms with Crippen molar-refractivity contribution in [2.75, 3.05) is 0 Å². The molecular formula is C56H82O. The fraction of sp³-hybridized carbons (Fsp3) is 1.00. The molecule has 0 spiro atoms. The molecule has 0 aromatic heterocycles. The Morgan fingerprint density at radius 1 is 0.246 bits per heavy atom. The van der Waals surface area contributed by atoms with E-state index in [2.05, 4.69) is 13.8 Å². The molecule has 0 saturated heterocycles. The fourth-order valence-corrected chi connectivity index (χ4v) is 23.8. The minimum absolute atomic E-state index is 0.297. The Morgan fingerprint density at radius 2 is 0.456 bits per heavy atom. The molecule has 1 nitrogen and oxygen atoms in total. The number of hydrogen-bond donors (Lipinski definition) is 0. The van der Waals surface area contributed by atoms with E-state index in [1.807, 2.05) is 0 Å². The monoisotopic (exact) mass is 771 g/mol. The van der Waals surface area contributed by atoms with Crippen LogP contribution in [0.3, 0.4) is 0 Å². The summed E-state index contributed by atoms with van der Waals surface area (Å²) in [5.41, 5.74) is 10.9. The Balaban J connectivity index is 0.710. The first-order chi connectivity index (χ1) is 27.6. The van der Waals surface area contributed by atoms with E-state index in [0.29, 0.717) is 32.9 Å². The van der Waals surface area contributed by atoms with Gasteiger partial charge in [0.1, 0.15) is 0 Å². The van der Waals surface area contributed by atoms with E-state index in [1.165, 1.54) is 51.4 Å². The average Bonchev–Trinajstić information content (AvgIpc) is 4.00. The van der Waals surface area contributed by atoms with Crippen molar-refractivity contribution in [3.8, 4) is 0 Å². The van der Waals surface area contributed by atoms with E-state index in [9.17, 15) is 0 Å².